The lowest BCUT2D eigenvalue weighted by Gasteiger charge is -2.46. The van der Waals surface area contributed by atoms with Crippen molar-refractivity contribution >= 4 is 27.6 Å². The van der Waals surface area contributed by atoms with Crippen molar-refractivity contribution in [2.45, 2.75) is 42.6 Å². The summed E-state index contributed by atoms with van der Waals surface area (Å²) >= 11 is 3.45. The smallest absolute Gasteiger partial charge is 0.254 e. The van der Waals surface area contributed by atoms with Gasteiger partial charge in [0.15, 0.2) is 5.78 Å². The fourth-order valence-electron chi connectivity index (χ4n) is 3.19. The molecule has 2 saturated heterocycles. The summed E-state index contributed by atoms with van der Waals surface area (Å²) in [6.45, 7) is 0. The van der Waals surface area contributed by atoms with Gasteiger partial charge < -0.3 is 4.90 Å². The molecule has 3 rings (SSSR count). The Balaban J connectivity index is 1.91. The molecule has 1 aromatic rings. The molecule has 3 unspecified atom stereocenters. The van der Waals surface area contributed by atoms with E-state index < -0.39 is 0 Å². The summed E-state index contributed by atoms with van der Waals surface area (Å²) in [5.74, 6) is 0.170. The molecular weight excluding hydrogens is 306 g/mol. The molecule has 2 heterocycles. The van der Waals surface area contributed by atoms with Crippen LogP contribution in [0.2, 0.25) is 0 Å². The van der Waals surface area contributed by atoms with Gasteiger partial charge in [-0.1, -0.05) is 34.1 Å². The quantitative estimate of drug-likeness (QED) is 0.746. The van der Waals surface area contributed by atoms with Gasteiger partial charge in [0.05, 0.1) is 10.9 Å². The summed E-state index contributed by atoms with van der Waals surface area (Å²) in [6, 6.07) is 9.24. The molecule has 3 nitrogen and oxygen atoms in total. The van der Waals surface area contributed by atoms with Gasteiger partial charge in [0, 0.05) is 11.6 Å². The van der Waals surface area contributed by atoms with Gasteiger partial charge in [-0.2, -0.15) is 0 Å². The first-order valence-electron chi connectivity index (χ1n) is 6.74. The van der Waals surface area contributed by atoms with E-state index in [0.29, 0.717) is 5.56 Å². The molecule has 0 saturated carbocycles. The number of alkyl halides is 1. The first-order chi connectivity index (χ1) is 9.18. The maximum atomic E-state index is 12.6. The van der Waals surface area contributed by atoms with E-state index in [0.717, 1.165) is 25.7 Å². The van der Waals surface area contributed by atoms with Crippen molar-refractivity contribution < 1.29 is 9.59 Å². The molecule has 0 spiro atoms. The molecule has 2 bridgehead atoms. The summed E-state index contributed by atoms with van der Waals surface area (Å²) in [4.78, 5) is 26.6. The Morgan fingerprint density at radius 3 is 2.68 bits per heavy atom. The van der Waals surface area contributed by atoms with Crippen molar-refractivity contribution in [3.63, 3.8) is 0 Å². The maximum absolute atomic E-state index is 12.6. The third-order valence-electron chi connectivity index (χ3n) is 4.12. The van der Waals surface area contributed by atoms with Crippen molar-refractivity contribution in [1.29, 1.82) is 0 Å². The number of piperidine rings is 2. The Morgan fingerprint density at radius 2 is 1.95 bits per heavy atom. The zero-order valence-electron chi connectivity index (χ0n) is 10.6. The summed E-state index contributed by atoms with van der Waals surface area (Å²) in [6.07, 6.45) is 3.59. The summed E-state index contributed by atoms with van der Waals surface area (Å²) in [5.41, 5.74) is 0.681. The Morgan fingerprint density at radius 1 is 1.21 bits per heavy atom. The van der Waals surface area contributed by atoms with Crippen molar-refractivity contribution in [2.75, 3.05) is 0 Å². The lowest BCUT2D eigenvalue weighted by molar-refractivity contribution is -0.128. The summed E-state index contributed by atoms with van der Waals surface area (Å²) in [7, 11) is 0. The maximum Gasteiger partial charge on any atom is 0.254 e. The molecule has 4 heteroatoms. The Bertz CT molecular complexity index is 502. The average Bonchev–Trinajstić information content (AvgIpc) is 2.45. The average molecular weight is 322 g/mol. The molecule has 3 atom stereocenters. The molecule has 1 amide bonds. The predicted molar refractivity (Wildman–Crippen MR) is 76.4 cm³/mol. The molecular formula is C15H16BrNO2. The molecule has 2 aliphatic rings. The minimum absolute atomic E-state index is 0.00282. The van der Waals surface area contributed by atoms with Gasteiger partial charge >= 0.3 is 0 Å². The van der Waals surface area contributed by atoms with Gasteiger partial charge in [0.2, 0.25) is 0 Å². The van der Waals surface area contributed by atoms with Crippen molar-refractivity contribution in [3.8, 4) is 0 Å². The predicted octanol–water partition coefficient (Wildman–Crippen LogP) is 2.79. The van der Waals surface area contributed by atoms with Crippen LogP contribution in [0.3, 0.4) is 0 Å². The molecule has 2 fully saturated rings. The van der Waals surface area contributed by atoms with Crippen molar-refractivity contribution in [1.82, 2.24) is 4.90 Å². The SMILES string of the molecule is O=C1C(Br)CC2CCCC1N2C(=O)c1ccccc1. The second-order valence-electron chi connectivity index (χ2n) is 5.28. The number of hydrogen-bond donors (Lipinski definition) is 0. The number of carbonyl (C=O) groups is 2. The molecule has 100 valence electrons. The van der Waals surface area contributed by atoms with Crippen LogP contribution >= 0.6 is 15.9 Å². The monoisotopic (exact) mass is 321 g/mol. The molecule has 2 aliphatic heterocycles. The zero-order chi connectivity index (χ0) is 13.4. The fourth-order valence-corrected chi connectivity index (χ4v) is 3.93. The fraction of sp³-hybridized carbons (Fsp3) is 0.467. The van der Waals surface area contributed by atoms with E-state index >= 15 is 0 Å². The third-order valence-corrected chi connectivity index (χ3v) is 4.94. The second-order valence-corrected chi connectivity index (χ2v) is 6.39. The molecule has 19 heavy (non-hydrogen) atoms. The Kier molecular flexibility index (Phi) is 3.44. The minimum atomic E-state index is -0.232. The first kappa shape index (κ1) is 12.9. The van der Waals surface area contributed by atoms with Crippen LogP contribution in [0.5, 0.6) is 0 Å². The number of hydrogen-bond acceptors (Lipinski definition) is 2. The number of carbonyl (C=O) groups excluding carboxylic acids is 2. The van der Waals surface area contributed by atoms with E-state index in [1.807, 2.05) is 35.2 Å². The van der Waals surface area contributed by atoms with E-state index in [4.69, 9.17) is 0 Å². The second kappa shape index (κ2) is 5.08. The standard InChI is InChI=1S/C15H16BrNO2/c16-12-9-11-7-4-8-13(14(12)18)17(11)15(19)10-5-2-1-3-6-10/h1-3,5-6,11-13H,4,7-9H2. The van der Waals surface area contributed by atoms with Crippen LogP contribution in [0.25, 0.3) is 0 Å². The first-order valence-corrected chi connectivity index (χ1v) is 7.65. The molecule has 1 aromatic carbocycles. The highest BCUT2D eigenvalue weighted by atomic mass is 79.9. The van der Waals surface area contributed by atoms with Gasteiger partial charge in [0.1, 0.15) is 0 Å². The molecule has 0 aromatic heterocycles. The van der Waals surface area contributed by atoms with E-state index in [1.54, 1.807) is 0 Å². The van der Waals surface area contributed by atoms with Gasteiger partial charge in [-0.25, -0.2) is 0 Å². The van der Waals surface area contributed by atoms with Crippen molar-refractivity contribution in [2.24, 2.45) is 0 Å². The topological polar surface area (TPSA) is 37.4 Å². The van der Waals surface area contributed by atoms with Crippen molar-refractivity contribution in [3.05, 3.63) is 35.9 Å². The number of Topliss-reactive ketones (excluding diaryl/α,β-unsaturated/α-hetero) is 1. The van der Waals surface area contributed by atoms with Gasteiger partial charge in [-0.15, -0.1) is 0 Å². The molecule has 0 N–H and O–H groups in total. The largest absolute Gasteiger partial charge is 0.326 e. The number of amides is 1. The van der Waals surface area contributed by atoms with Crippen LogP contribution < -0.4 is 0 Å². The van der Waals surface area contributed by atoms with Crippen LogP contribution in [0, 0.1) is 0 Å². The normalized spacial score (nSPS) is 30.3. The van der Waals surface area contributed by atoms with Gasteiger partial charge in [-0.05, 0) is 37.8 Å². The highest BCUT2D eigenvalue weighted by molar-refractivity contribution is 9.10. The van der Waals surface area contributed by atoms with Crippen LogP contribution in [-0.2, 0) is 4.79 Å². The van der Waals surface area contributed by atoms with Crippen LogP contribution in [-0.4, -0.2) is 33.5 Å². The highest BCUT2D eigenvalue weighted by Crippen LogP contribution is 2.35. The van der Waals surface area contributed by atoms with E-state index in [2.05, 4.69) is 15.9 Å². The number of fused-ring (bicyclic) bond motifs is 2. The lowest BCUT2D eigenvalue weighted by atomic mass is 9.83. The number of halogens is 1. The Labute approximate surface area is 121 Å². The van der Waals surface area contributed by atoms with Crippen LogP contribution in [0.4, 0.5) is 0 Å². The zero-order valence-corrected chi connectivity index (χ0v) is 12.2. The van der Waals surface area contributed by atoms with Crippen LogP contribution in [0.1, 0.15) is 36.0 Å². The molecule has 0 radical (unpaired) electrons. The minimum Gasteiger partial charge on any atom is -0.326 e. The summed E-state index contributed by atoms with van der Waals surface area (Å²) in [5, 5.41) is 0. The number of rotatable bonds is 1. The lowest BCUT2D eigenvalue weighted by Crippen LogP contribution is -2.59. The number of nitrogens with zero attached hydrogens (tertiary/aromatic N) is 1. The number of ketones is 1. The van der Waals surface area contributed by atoms with E-state index in [-0.39, 0.29) is 28.6 Å². The van der Waals surface area contributed by atoms with E-state index in [1.165, 1.54) is 0 Å². The summed E-state index contributed by atoms with van der Waals surface area (Å²) < 4.78 is 0. The third kappa shape index (κ3) is 2.22. The van der Waals surface area contributed by atoms with E-state index in [9.17, 15) is 9.59 Å². The molecule has 0 aliphatic carbocycles. The van der Waals surface area contributed by atoms with Crippen LogP contribution in [0.15, 0.2) is 30.3 Å². The highest BCUT2D eigenvalue weighted by Gasteiger charge is 2.45. The van der Waals surface area contributed by atoms with Gasteiger partial charge in [0.25, 0.3) is 5.91 Å². The number of benzene rings is 1. The van der Waals surface area contributed by atoms with Gasteiger partial charge in [-0.3, -0.25) is 9.59 Å². The Hall–Kier alpha value is -1.16.